The van der Waals surface area contributed by atoms with Gasteiger partial charge in [0.1, 0.15) is 0 Å². The molecule has 1 saturated carbocycles. The van der Waals surface area contributed by atoms with Crippen molar-refractivity contribution in [3.63, 3.8) is 0 Å². The van der Waals surface area contributed by atoms with Crippen molar-refractivity contribution in [3.8, 4) is 0 Å². The molecule has 0 radical (unpaired) electrons. The Balaban J connectivity index is 1.68. The van der Waals surface area contributed by atoms with E-state index >= 15 is 0 Å². The number of rotatable bonds is 4. The predicted octanol–water partition coefficient (Wildman–Crippen LogP) is 2.63. The van der Waals surface area contributed by atoms with Crippen LogP contribution in [-0.2, 0) is 6.54 Å². The summed E-state index contributed by atoms with van der Waals surface area (Å²) < 4.78 is 0. The predicted molar refractivity (Wildman–Crippen MR) is 76.9 cm³/mol. The van der Waals surface area contributed by atoms with Crippen molar-refractivity contribution in [2.45, 2.75) is 37.8 Å². The summed E-state index contributed by atoms with van der Waals surface area (Å²) >= 11 is 0. The highest BCUT2D eigenvalue weighted by Gasteiger charge is 2.30. The molecule has 0 saturated heterocycles. The molecule has 2 N–H and O–H groups in total. The molecule has 3 heteroatoms. The van der Waals surface area contributed by atoms with Crippen LogP contribution < -0.4 is 5.32 Å². The molecule has 0 amide bonds. The molecule has 1 aromatic carbocycles. The minimum atomic E-state index is -0.480. The summed E-state index contributed by atoms with van der Waals surface area (Å²) in [7, 11) is 0. The van der Waals surface area contributed by atoms with Gasteiger partial charge in [-0.2, -0.15) is 0 Å². The molecule has 3 nitrogen and oxygen atoms in total. The quantitative estimate of drug-likeness (QED) is 0.884. The van der Waals surface area contributed by atoms with Crippen LogP contribution in [0.15, 0.2) is 36.7 Å². The topological polar surface area (TPSA) is 45.1 Å². The van der Waals surface area contributed by atoms with Crippen LogP contribution in [0.25, 0.3) is 10.8 Å². The van der Waals surface area contributed by atoms with Gasteiger partial charge < -0.3 is 10.4 Å². The molecule has 0 atom stereocenters. The Morgan fingerprint density at radius 3 is 2.89 bits per heavy atom. The second-order valence-electron chi connectivity index (χ2n) is 5.55. The lowest BCUT2D eigenvalue weighted by atomic mass is 10.0. The molecule has 19 heavy (non-hydrogen) atoms. The average molecular weight is 256 g/mol. The van der Waals surface area contributed by atoms with Crippen molar-refractivity contribution in [2.24, 2.45) is 0 Å². The number of fused-ring (bicyclic) bond motifs is 1. The summed E-state index contributed by atoms with van der Waals surface area (Å²) in [6, 6.07) is 8.33. The summed E-state index contributed by atoms with van der Waals surface area (Å²) in [4.78, 5) is 4.15. The second kappa shape index (κ2) is 5.27. The highest BCUT2D eigenvalue weighted by atomic mass is 16.3. The molecule has 1 aromatic heterocycles. The van der Waals surface area contributed by atoms with Crippen molar-refractivity contribution in [3.05, 3.63) is 42.2 Å². The lowest BCUT2D eigenvalue weighted by molar-refractivity contribution is 0.0475. The number of hydrogen-bond acceptors (Lipinski definition) is 3. The fraction of sp³-hybridized carbons (Fsp3) is 0.438. The number of nitrogens with zero attached hydrogens (tertiary/aromatic N) is 1. The summed E-state index contributed by atoms with van der Waals surface area (Å²) in [5, 5.41) is 16.1. The summed E-state index contributed by atoms with van der Waals surface area (Å²) in [5.74, 6) is 0. The van der Waals surface area contributed by atoms with Gasteiger partial charge in [0.15, 0.2) is 0 Å². The van der Waals surface area contributed by atoms with Crippen LogP contribution in [-0.4, -0.2) is 22.2 Å². The number of nitrogens with one attached hydrogen (secondary N) is 1. The lowest BCUT2D eigenvalue weighted by Gasteiger charge is -2.22. The SMILES string of the molecule is OC1(CNCc2cccc3cnccc23)CCCC1. The standard InChI is InChI=1S/C16H20N2O/c19-16(7-1-2-8-16)12-18-11-14-5-3-4-13-10-17-9-6-15(13)14/h3-6,9-10,18-19H,1-2,7-8,11-12H2. The first-order chi connectivity index (χ1) is 9.27. The first kappa shape index (κ1) is 12.6. The maximum atomic E-state index is 10.3. The molecular weight excluding hydrogens is 236 g/mol. The van der Waals surface area contributed by atoms with E-state index in [9.17, 15) is 5.11 Å². The van der Waals surface area contributed by atoms with Crippen LogP contribution in [0, 0.1) is 0 Å². The van der Waals surface area contributed by atoms with Gasteiger partial charge in [0.05, 0.1) is 5.60 Å². The Hall–Kier alpha value is -1.45. The molecule has 0 spiro atoms. The van der Waals surface area contributed by atoms with Crippen LogP contribution in [0.4, 0.5) is 0 Å². The largest absolute Gasteiger partial charge is 0.389 e. The molecule has 3 rings (SSSR count). The van der Waals surface area contributed by atoms with Crippen LogP contribution in [0.5, 0.6) is 0 Å². The molecule has 0 aliphatic heterocycles. The zero-order chi connectivity index (χ0) is 13.1. The normalized spacial score (nSPS) is 17.9. The zero-order valence-electron chi connectivity index (χ0n) is 11.1. The Morgan fingerprint density at radius 2 is 2.05 bits per heavy atom. The van der Waals surface area contributed by atoms with Gasteiger partial charge in [-0.25, -0.2) is 0 Å². The molecule has 0 bridgehead atoms. The second-order valence-corrected chi connectivity index (χ2v) is 5.55. The van der Waals surface area contributed by atoms with Gasteiger partial charge in [-0.1, -0.05) is 31.0 Å². The Bertz CT molecular complexity index is 556. The van der Waals surface area contributed by atoms with E-state index < -0.39 is 5.60 Å². The van der Waals surface area contributed by atoms with E-state index in [1.807, 2.05) is 12.4 Å². The van der Waals surface area contributed by atoms with Gasteiger partial charge in [-0.05, 0) is 29.9 Å². The molecule has 0 unspecified atom stereocenters. The van der Waals surface area contributed by atoms with E-state index in [2.05, 4.69) is 34.6 Å². The van der Waals surface area contributed by atoms with Gasteiger partial charge in [-0.3, -0.25) is 4.98 Å². The summed E-state index contributed by atoms with van der Waals surface area (Å²) in [6.07, 6.45) is 7.88. The molecule has 1 fully saturated rings. The van der Waals surface area contributed by atoms with Crippen LogP contribution in [0.2, 0.25) is 0 Å². The van der Waals surface area contributed by atoms with Crippen molar-refractivity contribution in [1.29, 1.82) is 0 Å². The number of hydrogen-bond donors (Lipinski definition) is 2. The molecule has 100 valence electrons. The van der Waals surface area contributed by atoms with E-state index in [-0.39, 0.29) is 0 Å². The van der Waals surface area contributed by atoms with E-state index in [4.69, 9.17) is 0 Å². The molecule has 1 aliphatic carbocycles. The number of aliphatic hydroxyl groups is 1. The fourth-order valence-electron chi connectivity index (χ4n) is 2.98. The number of aromatic nitrogens is 1. The van der Waals surface area contributed by atoms with Crippen molar-refractivity contribution in [2.75, 3.05) is 6.54 Å². The van der Waals surface area contributed by atoms with Crippen molar-refractivity contribution in [1.82, 2.24) is 10.3 Å². The summed E-state index contributed by atoms with van der Waals surface area (Å²) in [6.45, 7) is 1.48. The van der Waals surface area contributed by atoms with Gasteiger partial charge >= 0.3 is 0 Å². The summed E-state index contributed by atoms with van der Waals surface area (Å²) in [5.41, 5.74) is 0.785. The van der Waals surface area contributed by atoms with E-state index in [1.54, 1.807) is 0 Å². The molecule has 2 aromatic rings. The van der Waals surface area contributed by atoms with Crippen LogP contribution in [0.3, 0.4) is 0 Å². The van der Waals surface area contributed by atoms with Gasteiger partial charge in [0.25, 0.3) is 0 Å². The van der Waals surface area contributed by atoms with Gasteiger partial charge in [-0.15, -0.1) is 0 Å². The molecule has 1 heterocycles. The minimum absolute atomic E-state index is 0.480. The van der Waals surface area contributed by atoms with Gasteiger partial charge in [0, 0.05) is 30.9 Å². The van der Waals surface area contributed by atoms with E-state index in [0.717, 1.165) is 32.2 Å². The van der Waals surface area contributed by atoms with Crippen molar-refractivity contribution >= 4 is 10.8 Å². The molecular formula is C16H20N2O. The highest BCUT2D eigenvalue weighted by molar-refractivity contribution is 5.84. The van der Waals surface area contributed by atoms with Crippen LogP contribution in [0.1, 0.15) is 31.2 Å². The maximum Gasteiger partial charge on any atom is 0.0771 e. The van der Waals surface area contributed by atoms with E-state index in [1.165, 1.54) is 16.3 Å². The van der Waals surface area contributed by atoms with Gasteiger partial charge in [0.2, 0.25) is 0 Å². The lowest BCUT2D eigenvalue weighted by Crippen LogP contribution is -2.37. The Morgan fingerprint density at radius 1 is 1.21 bits per heavy atom. The average Bonchev–Trinajstić information content (AvgIpc) is 2.86. The highest BCUT2D eigenvalue weighted by Crippen LogP contribution is 2.28. The Kier molecular flexibility index (Phi) is 3.49. The number of benzene rings is 1. The first-order valence-corrected chi connectivity index (χ1v) is 7.02. The van der Waals surface area contributed by atoms with Crippen molar-refractivity contribution < 1.29 is 5.11 Å². The maximum absolute atomic E-state index is 10.3. The monoisotopic (exact) mass is 256 g/mol. The molecule has 1 aliphatic rings. The third kappa shape index (κ3) is 2.77. The fourth-order valence-corrected chi connectivity index (χ4v) is 2.98. The van der Waals surface area contributed by atoms with E-state index in [0.29, 0.717) is 6.54 Å². The third-order valence-corrected chi connectivity index (χ3v) is 4.07. The third-order valence-electron chi connectivity index (χ3n) is 4.07. The minimum Gasteiger partial charge on any atom is -0.389 e. The Labute approximate surface area is 113 Å². The smallest absolute Gasteiger partial charge is 0.0771 e. The first-order valence-electron chi connectivity index (χ1n) is 7.02. The zero-order valence-corrected chi connectivity index (χ0v) is 11.1. The van der Waals surface area contributed by atoms with Crippen LogP contribution >= 0.6 is 0 Å². The number of pyridine rings is 1.